The number of rotatable bonds is 6. The Kier molecular flexibility index (Phi) is 10.7. The van der Waals surface area contributed by atoms with E-state index >= 15 is 0 Å². The highest BCUT2D eigenvalue weighted by atomic mass is 127. The second kappa shape index (κ2) is 12.2. The molecule has 28 heavy (non-hydrogen) atoms. The van der Waals surface area contributed by atoms with Crippen LogP contribution >= 0.6 is 24.0 Å². The summed E-state index contributed by atoms with van der Waals surface area (Å²) in [5.74, 6) is -0.541. The van der Waals surface area contributed by atoms with E-state index in [0.29, 0.717) is 24.6 Å². The van der Waals surface area contributed by atoms with Crippen molar-refractivity contribution < 1.29 is 13.6 Å². The van der Waals surface area contributed by atoms with E-state index in [-0.39, 0.29) is 41.8 Å². The lowest BCUT2D eigenvalue weighted by atomic mass is 10.0. The fraction of sp³-hybridized carbons (Fsp3) is 0.579. The second-order valence-electron chi connectivity index (χ2n) is 6.89. The molecule has 1 aliphatic heterocycles. The minimum absolute atomic E-state index is 0. The van der Waals surface area contributed by atoms with Crippen molar-refractivity contribution in [3.8, 4) is 0 Å². The van der Waals surface area contributed by atoms with Crippen molar-refractivity contribution in [1.82, 2.24) is 20.9 Å². The molecule has 1 saturated heterocycles. The Hall–Kier alpha value is -1.49. The van der Waals surface area contributed by atoms with Gasteiger partial charge in [-0.15, -0.1) is 24.0 Å². The zero-order valence-electron chi connectivity index (χ0n) is 16.6. The number of halogens is 3. The maximum atomic E-state index is 13.9. The van der Waals surface area contributed by atoms with Gasteiger partial charge in [0.05, 0.1) is 6.54 Å². The standard InChI is InChI=1S/C19H29F2N5O.HI/c1-13(16-5-4-14(20)10-17(16)21)11-24-19(23-3)25-15-6-8-26(9-7-15)12-18(27)22-2;/h4-5,10,13,15H,6-9,11-12H2,1-3H3,(H,22,27)(H2,23,24,25);1H. The van der Waals surface area contributed by atoms with Crippen LogP contribution in [-0.4, -0.2) is 63.1 Å². The van der Waals surface area contributed by atoms with Crippen molar-refractivity contribution >= 4 is 35.8 Å². The maximum absolute atomic E-state index is 13.9. The van der Waals surface area contributed by atoms with E-state index in [1.807, 2.05) is 6.92 Å². The average molecular weight is 509 g/mol. The number of nitrogens with zero attached hydrogens (tertiary/aromatic N) is 2. The van der Waals surface area contributed by atoms with Crippen molar-refractivity contribution in [3.63, 3.8) is 0 Å². The Morgan fingerprint density at radius 3 is 2.57 bits per heavy atom. The number of carbonyl (C=O) groups excluding carboxylic acids is 1. The Labute approximate surface area is 182 Å². The van der Waals surface area contributed by atoms with E-state index in [0.717, 1.165) is 32.0 Å². The van der Waals surface area contributed by atoms with E-state index in [2.05, 4.69) is 25.8 Å². The van der Waals surface area contributed by atoms with Gasteiger partial charge in [0.1, 0.15) is 11.6 Å². The van der Waals surface area contributed by atoms with Crippen LogP contribution in [0.25, 0.3) is 0 Å². The van der Waals surface area contributed by atoms with E-state index in [1.54, 1.807) is 14.1 Å². The lowest BCUT2D eigenvalue weighted by molar-refractivity contribution is -0.122. The van der Waals surface area contributed by atoms with Crippen LogP contribution in [0.2, 0.25) is 0 Å². The van der Waals surface area contributed by atoms with Gasteiger partial charge in [0.15, 0.2) is 5.96 Å². The summed E-state index contributed by atoms with van der Waals surface area (Å²) in [5, 5.41) is 9.23. The fourth-order valence-corrected chi connectivity index (χ4v) is 3.17. The molecule has 1 aliphatic rings. The van der Waals surface area contributed by atoms with Gasteiger partial charge in [0.25, 0.3) is 0 Å². The quantitative estimate of drug-likeness (QED) is 0.312. The molecule has 1 aromatic rings. The highest BCUT2D eigenvalue weighted by molar-refractivity contribution is 14.0. The SMILES string of the molecule is CN=C(NCC(C)c1ccc(F)cc1F)NC1CCN(CC(=O)NC)CC1.I. The number of aliphatic imine (C=N–C) groups is 1. The largest absolute Gasteiger partial charge is 0.358 e. The van der Waals surface area contributed by atoms with Crippen LogP contribution in [0.4, 0.5) is 8.78 Å². The number of guanidine groups is 1. The van der Waals surface area contributed by atoms with Crippen LogP contribution in [-0.2, 0) is 4.79 Å². The number of carbonyl (C=O) groups is 1. The van der Waals surface area contributed by atoms with Gasteiger partial charge in [-0.05, 0) is 24.5 Å². The third kappa shape index (κ3) is 7.50. The summed E-state index contributed by atoms with van der Waals surface area (Å²) in [6.45, 7) is 4.49. The first-order chi connectivity index (χ1) is 12.9. The van der Waals surface area contributed by atoms with Crippen molar-refractivity contribution in [1.29, 1.82) is 0 Å². The summed E-state index contributed by atoms with van der Waals surface area (Å²) >= 11 is 0. The minimum atomic E-state index is -0.573. The molecule has 1 heterocycles. The molecule has 1 unspecified atom stereocenters. The van der Waals surface area contributed by atoms with E-state index in [1.165, 1.54) is 12.1 Å². The maximum Gasteiger partial charge on any atom is 0.233 e. The van der Waals surface area contributed by atoms with Crippen molar-refractivity contribution in [3.05, 3.63) is 35.4 Å². The molecule has 0 saturated carbocycles. The Morgan fingerprint density at radius 1 is 1.32 bits per heavy atom. The number of nitrogens with one attached hydrogen (secondary N) is 3. The van der Waals surface area contributed by atoms with Crippen molar-refractivity contribution in [2.24, 2.45) is 4.99 Å². The highest BCUT2D eigenvalue weighted by Gasteiger charge is 2.21. The molecule has 1 amide bonds. The number of likely N-dealkylation sites (tertiary alicyclic amines) is 1. The second-order valence-corrected chi connectivity index (χ2v) is 6.89. The average Bonchev–Trinajstić information content (AvgIpc) is 2.66. The normalized spacial score (nSPS) is 16.8. The van der Waals surface area contributed by atoms with Crippen molar-refractivity contribution in [2.75, 3.05) is 40.3 Å². The molecule has 9 heteroatoms. The van der Waals surface area contributed by atoms with Gasteiger partial charge in [-0.2, -0.15) is 0 Å². The Bertz CT molecular complexity index is 666. The number of piperidine rings is 1. The molecule has 0 spiro atoms. The molecular formula is C19H30F2IN5O. The van der Waals surface area contributed by atoms with Gasteiger partial charge in [-0.1, -0.05) is 13.0 Å². The highest BCUT2D eigenvalue weighted by Crippen LogP contribution is 2.19. The van der Waals surface area contributed by atoms with E-state index in [9.17, 15) is 13.6 Å². The monoisotopic (exact) mass is 509 g/mol. The van der Waals surface area contributed by atoms with Crippen LogP contribution in [0.1, 0.15) is 31.2 Å². The summed E-state index contributed by atoms with van der Waals surface area (Å²) in [7, 11) is 3.34. The topological polar surface area (TPSA) is 68.8 Å². The summed E-state index contributed by atoms with van der Waals surface area (Å²) in [5.41, 5.74) is 0.474. The lowest BCUT2D eigenvalue weighted by Crippen LogP contribution is -2.50. The van der Waals surface area contributed by atoms with E-state index in [4.69, 9.17) is 0 Å². The van der Waals surface area contributed by atoms with Gasteiger partial charge >= 0.3 is 0 Å². The summed E-state index contributed by atoms with van der Waals surface area (Å²) in [6.07, 6.45) is 1.83. The Morgan fingerprint density at radius 2 is 2.00 bits per heavy atom. The van der Waals surface area contributed by atoms with Gasteiger partial charge in [0.2, 0.25) is 5.91 Å². The van der Waals surface area contributed by atoms with Crippen LogP contribution < -0.4 is 16.0 Å². The lowest BCUT2D eigenvalue weighted by Gasteiger charge is -2.32. The summed E-state index contributed by atoms with van der Waals surface area (Å²) in [4.78, 5) is 17.8. The molecular weight excluding hydrogens is 479 g/mol. The molecule has 0 aliphatic carbocycles. The molecule has 0 aromatic heterocycles. The van der Waals surface area contributed by atoms with Gasteiger partial charge in [-0.25, -0.2) is 8.78 Å². The summed E-state index contributed by atoms with van der Waals surface area (Å²) < 4.78 is 26.9. The minimum Gasteiger partial charge on any atom is -0.358 e. The molecule has 1 fully saturated rings. The molecule has 1 aromatic carbocycles. The van der Waals surface area contributed by atoms with Gasteiger partial charge in [-0.3, -0.25) is 14.7 Å². The van der Waals surface area contributed by atoms with Gasteiger partial charge < -0.3 is 16.0 Å². The molecule has 0 radical (unpaired) electrons. The van der Waals surface area contributed by atoms with Crippen LogP contribution in [0, 0.1) is 11.6 Å². The predicted molar refractivity (Wildman–Crippen MR) is 118 cm³/mol. The predicted octanol–water partition coefficient (Wildman–Crippen LogP) is 2.06. The number of hydrogen-bond donors (Lipinski definition) is 3. The van der Waals surface area contributed by atoms with Crippen molar-refractivity contribution in [2.45, 2.75) is 31.7 Å². The van der Waals surface area contributed by atoms with Crippen LogP contribution in [0.15, 0.2) is 23.2 Å². The van der Waals surface area contributed by atoms with Gasteiger partial charge in [0, 0.05) is 51.8 Å². The first-order valence-electron chi connectivity index (χ1n) is 9.28. The number of hydrogen-bond acceptors (Lipinski definition) is 3. The zero-order valence-corrected chi connectivity index (χ0v) is 18.9. The number of amides is 1. The van der Waals surface area contributed by atoms with Crippen LogP contribution in [0.3, 0.4) is 0 Å². The molecule has 158 valence electrons. The number of likely N-dealkylation sites (N-methyl/N-ethyl adjacent to an activating group) is 1. The molecule has 3 N–H and O–H groups in total. The first kappa shape index (κ1) is 24.5. The first-order valence-corrected chi connectivity index (χ1v) is 9.28. The summed E-state index contributed by atoms with van der Waals surface area (Å²) in [6, 6.07) is 3.94. The molecule has 6 nitrogen and oxygen atoms in total. The van der Waals surface area contributed by atoms with E-state index < -0.39 is 11.6 Å². The third-order valence-electron chi connectivity index (χ3n) is 4.87. The molecule has 1 atom stereocenters. The smallest absolute Gasteiger partial charge is 0.233 e. The third-order valence-corrected chi connectivity index (χ3v) is 4.87. The molecule has 2 rings (SSSR count). The zero-order chi connectivity index (χ0) is 19.8. The number of benzene rings is 1. The fourth-order valence-electron chi connectivity index (χ4n) is 3.17. The molecule has 0 bridgehead atoms. The Balaban J connectivity index is 0.00000392. The van der Waals surface area contributed by atoms with Crippen LogP contribution in [0.5, 0.6) is 0 Å².